The predicted octanol–water partition coefficient (Wildman–Crippen LogP) is 0.739. The van der Waals surface area contributed by atoms with Crippen LogP contribution in [0.1, 0.15) is 11.1 Å². The Morgan fingerprint density at radius 1 is 1.47 bits per heavy atom. The minimum absolute atomic E-state index is 0.170. The number of hydrogen-bond acceptors (Lipinski definition) is 4. The second-order valence-corrected chi connectivity index (χ2v) is 5.74. The maximum absolute atomic E-state index is 12.9. The van der Waals surface area contributed by atoms with Crippen molar-refractivity contribution in [1.82, 2.24) is 4.72 Å². The van der Waals surface area contributed by atoms with E-state index in [0.29, 0.717) is 11.1 Å². The highest BCUT2D eigenvalue weighted by Crippen LogP contribution is 2.16. The molecule has 0 bridgehead atoms. The van der Waals surface area contributed by atoms with Crippen molar-refractivity contribution >= 4 is 10.0 Å². The Balaban J connectivity index is 2.96. The lowest BCUT2D eigenvalue weighted by atomic mass is 10.1. The molecule has 0 amide bonds. The van der Waals surface area contributed by atoms with E-state index in [4.69, 9.17) is 11.0 Å². The Labute approximate surface area is 110 Å². The second kappa shape index (κ2) is 5.61. The molecule has 0 aliphatic carbocycles. The van der Waals surface area contributed by atoms with E-state index in [2.05, 4.69) is 0 Å². The van der Waals surface area contributed by atoms with Crippen LogP contribution in [-0.4, -0.2) is 27.4 Å². The molecule has 0 unspecified atom stereocenters. The fourth-order valence-corrected chi connectivity index (χ4v) is 2.43. The molecule has 3 N–H and O–H groups in total. The summed E-state index contributed by atoms with van der Waals surface area (Å²) < 4.78 is 51.2. The lowest BCUT2D eigenvalue weighted by molar-refractivity contribution is 0.0170. The zero-order valence-electron chi connectivity index (χ0n) is 10.2. The van der Waals surface area contributed by atoms with Crippen molar-refractivity contribution in [2.75, 3.05) is 13.1 Å². The average Bonchev–Trinajstić information content (AvgIpc) is 2.36. The third-order valence-electron chi connectivity index (χ3n) is 2.45. The monoisotopic (exact) mass is 289 g/mol. The summed E-state index contributed by atoms with van der Waals surface area (Å²) in [6.45, 7) is -0.446. The summed E-state index contributed by atoms with van der Waals surface area (Å²) in [7, 11) is -4.05. The third-order valence-corrected chi connectivity index (χ3v) is 3.85. The van der Waals surface area contributed by atoms with Gasteiger partial charge in [-0.25, -0.2) is 21.9 Å². The van der Waals surface area contributed by atoms with Gasteiger partial charge in [0.25, 0.3) is 5.92 Å². The smallest absolute Gasteiger partial charge is 0.273 e. The number of rotatable bonds is 5. The molecule has 0 aromatic heterocycles. The van der Waals surface area contributed by atoms with Crippen LogP contribution in [0.5, 0.6) is 0 Å². The van der Waals surface area contributed by atoms with Crippen LogP contribution in [0.4, 0.5) is 8.78 Å². The molecule has 0 aliphatic heterocycles. The Bertz CT molecular complexity index is 609. The maximum Gasteiger partial charge on any atom is 0.273 e. The zero-order valence-corrected chi connectivity index (χ0v) is 11.0. The molecule has 0 fully saturated rings. The van der Waals surface area contributed by atoms with Gasteiger partial charge in [0.2, 0.25) is 10.0 Å². The Hall–Kier alpha value is -1.56. The summed E-state index contributed by atoms with van der Waals surface area (Å²) in [5, 5.41) is 8.73. The average molecular weight is 289 g/mol. The summed E-state index contributed by atoms with van der Waals surface area (Å²) in [6, 6.07) is 5.65. The van der Waals surface area contributed by atoms with Crippen molar-refractivity contribution in [2.45, 2.75) is 17.7 Å². The van der Waals surface area contributed by atoms with Crippen molar-refractivity contribution < 1.29 is 17.2 Å². The molecule has 1 rings (SSSR count). The Morgan fingerprint density at radius 2 is 2.11 bits per heavy atom. The van der Waals surface area contributed by atoms with Crippen LogP contribution in [0.25, 0.3) is 0 Å². The van der Waals surface area contributed by atoms with Crippen molar-refractivity contribution in [1.29, 1.82) is 5.26 Å². The minimum Gasteiger partial charge on any atom is -0.325 e. The van der Waals surface area contributed by atoms with Crippen LogP contribution in [0.3, 0.4) is 0 Å². The highest BCUT2D eigenvalue weighted by Gasteiger charge is 2.29. The van der Waals surface area contributed by atoms with E-state index >= 15 is 0 Å². The van der Waals surface area contributed by atoms with Crippen LogP contribution in [-0.2, 0) is 10.0 Å². The van der Waals surface area contributed by atoms with Crippen molar-refractivity contribution in [2.24, 2.45) is 5.73 Å². The number of hydrogen-bond donors (Lipinski definition) is 2. The molecule has 19 heavy (non-hydrogen) atoms. The van der Waals surface area contributed by atoms with E-state index in [1.165, 1.54) is 18.2 Å². The van der Waals surface area contributed by atoms with Crippen LogP contribution in [0.2, 0.25) is 0 Å². The molecular weight excluding hydrogens is 276 g/mol. The van der Waals surface area contributed by atoms with E-state index in [9.17, 15) is 17.2 Å². The minimum atomic E-state index is -4.05. The van der Waals surface area contributed by atoms with Gasteiger partial charge in [0.1, 0.15) is 0 Å². The van der Waals surface area contributed by atoms with E-state index in [1.54, 1.807) is 11.6 Å². The quantitative estimate of drug-likeness (QED) is 0.835. The predicted molar refractivity (Wildman–Crippen MR) is 65.1 cm³/mol. The summed E-state index contributed by atoms with van der Waals surface area (Å²) >= 11 is 0. The second-order valence-electron chi connectivity index (χ2n) is 3.97. The first kappa shape index (κ1) is 15.5. The van der Waals surface area contributed by atoms with E-state index in [1.807, 2.05) is 6.07 Å². The number of halogens is 2. The number of aryl methyl sites for hydroxylation is 1. The van der Waals surface area contributed by atoms with Crippen LogP contribution in [0.15, 0.2) is 23.1 Å². The van der Waals surface area contributed by atoms with Crippen molar-refractivity contribution in [3.63, 3.8) is 0 Å². The third kappa shape index (κ3) is 3.96. The maximum atomic E-state index is 12.9. The number of benzene rings is 1. The van der Waals surface area contributed by atoms with Gasteiger partial charge in [0.15, 0.2) is 0 Å². The number of alkyl halides is 2. The molecular formula is C11H13F2N3O2S. The van der Waals surface area contributed by atoms with Crippen LogP contribution < -0.4 is 10.5 Å². The van der Waals surface area contributed by atoms with E-state index in [-0.39, 0.29) is 4.90 Å². The Kier molecular flexibility index (Phi) is 4.57. The van der Waals surface area contributed by atoms with Gasteiger partial charge in [0.05, 0.1) is 29.6 Å². The summed E-state index contributed by atoms with van der Waals surface area (Å²) in [5.41, 5.74) is 5.60. The largest absolute Gasteiger partial charge is 0.325 e. The summed E-state index contributed by atoms with van der Waals surface area (Å²) in [5.74, 6) is -3.30. The summed E-state index contributed by atoms with van der Waals surface area (Å²) in [4.78, 5) is -0.170. The van der Waals surface area contributed by atoms with E-state index in [0.717, 1.165) is 0 Å². The molecule has 0 atom stereocenters. The van der Waals surface area contributed by atoms with Gasteiger partial charge in [0, 0.05) is 0 Å². The number of nitrogens with two attached hydrogens (primary N) is 1. The highest BCUT2D eigenvalue weighted by atomic mass is 32.2. The summed E-state index contributed by atoms with van der Waals surface area (Å²) in [6.07, 6.45) is 0. The lowest BCUT2D eigenvalue weighted by Gasteiger charge is -2.15. The zero-order chi connectivity index (χ0) is 14.7. The molecule has 0 spiro atoms. The van der Waals surface area contributed by atoms with E-state index < -0.39 is 29.0 Å². The molecule has 5 nitrogen and oxygen atoms in total. The van der Waals surface area contributed by atoms with Gasteiger partial charge in [-0.05, 0) is 30.7 Å². The van der Waals surface area contributed by atoms with Gasteiger partial charge in [-0.2, -0.15) is 5.26 Å². The highest BCUT2D eigenvalue weighted by molar-refractivity contribution is 7.89. The van der Waals surface area contributed by atoms with Crippen molar-refractivity contribution in [3.8, 4) is 6.07 Å². The van der Waals surface area contributed by atoms with Gasteiger partial charge in [-0.1, -0.05) is 0 Å². The topological polar surface area (TPSA) is 96.0 Å². The van der Waals surface area contributed by atoms with Crippen LogP contribution >= 0.6 is 0 Å². The number of nitrogens with one attached hydrogen (secondary N) is 1. The first-order valence-corrected chi connectivity index (χ1v) is 6.78. The van der Waals surface area contributed by atoms with Gasteiger partial charge in [-0.3, -0.25) is 0 Å². The van der Waals surface area contributed by atoms with Crippen LogP contribution in [0, 0.1) is 18.3 Å². The molecule has 1 aromatic carbocycles. The molecule has 0 radical (unpaired) electrons. The molecule has 104 valence electrons. The molecule has 0 saturated carbocycles. The number of sulfonamides is 1. The molecule has 8 heteroatoms. The molecule has 1 aromatic rings. The van der Waals surface area contributed by atoms with Gasteiger partial charge >= 0.3 is 0 Å². The van der Waals surface area contributed by atoms with Crippen molar-refractivity contribution in [3.05, 3.63) is 29.3 Å². The first-order valence-electron chi connectivity index (χ1n) is 5.30. The van der Waals surface area contributed by atoms with Gasteiger partial charge in [-0.15, -0.1) is 0 Å². The fraction of sp³-hybridized carbons (Fsp3) is 0.364. The molecule has 0 aliphatic rings. The fourth-order valence-electron chi connectivity index (χ4n) is 1.28. The SMILES string of the molecule is Cc1cc(S(=O)(=O)NCC(F)(F)CN)ccc1C#N. The standard InChI is InChI=1S/C11H13F2N3O2S/c1-8-4-10(3-2-9(8)5-14)19(17,18)16-7-11(12,13)6-15/h2-4,16H,6-7,15H2,1H3. The lowest BCUT2D eigenvalue weighted by Crippen LogP contribution is -2.41. The number of nitriles is 1. The molecule has 0 heterocycles. The normalized spacial score (nSPS) is 12.2. The molecule has 0 saturated heterocycles. The Morgan fingerprint density at radius 3 is 2.58 bits per heavy atom. The number of nitrogens with zero attached hydrogens (tertiary/aromatic N) is 1. The van der Waals surface area contributed by atoms with Gasteiger partial charge < -0.3 is 5.73 Å². The first-order chi connectivity index (χ1) is 8.72.